The van der Waals surface area contributed by atoms with E-state index in [0.717, 1.165) is 22.3 Å². The van der Waals surface area contributed by atoms with E-state index in [9.17, 15) is 0 Å². The minimum Gasteiger partial charge on any atom is -0.493 e. The highest BCUT2D eigenvalue weighted by Gasteiger charge is 2.56. The van der Waals surface area contributed by atoms with E-state index in [4.69, 9.17) is 47.4 Å². The number of fused-ring (bicyclic) bond motifs is 3. The molecule has 0 radical (unpaired) electrons. The lowest BCUT2D eigenvalue weighted by Gasteiger charge is -2.41. The van der Waals surface area contributed by atoms with Crippen molar-refractivity contribution < 1.29 is 47.4 Å². The van der Waals surface area contributed by atoms with Gasteiger partial charge in [-0.15, -0.1) is 0 Å². The van der Waals surface area contributed by atoms with Gasteiger partial charge in [0, 0.05) is 13.2 Å². The normalized spacial score (nSPS) is 13.4. The summed E-state index contributed by atoms with van der Waals surface area (Å²) < 4.78 is 66.6. The standard InChI is InChI=1S/C49H62O10/c1-13-50-31(11)37-41(52-15-3)39(45(56-19-7)47(58-21-9)43(37)54-17-5)49(35-29-25-23-27-33(35)34-28-24-26-30-36(34)49)40-42(53-16-4)38(32(12)51-14-2)44(55-18-6)48(59-22-10)46(40)57-20-8/h17-18,23-32H,5-6,13-16,19-22H2,1-4,7-12H3. The molecule has 0 saturated carbocycles. The zero-order chi connectivity index (χ0) is 42.7. The van der Waals surface area contributed by atoms with Gasteiger partial charge in [0.1, 0.15) is 11.5 Å². The Bertz CT molecular complexity index is 1920. The fourth-order valence-electron chi connectivity index (χ4n) is 8.45. The number of benzene rings is 4. The van der Waals surface area contributed by atoms with Gasteiger partial charge in [-0.25, -0.2) is 0 Å². The van der Waals surface area contributed by atoms with Crippen molar-refractivity contribution in [3.05, 3.63) is 108 Å². The molecule has 318 valence electrons. The van der Waals surface area contributed by atoms with E-state index in [1.54, 1.807) is 0 Å². The number of hydrogen-bond acceptors (Lipinski definition) is 10. The molecule has 4 aromatic carbocycles. The van der Waals surface area contributed by atoms with Crippen LogP contribution in [0.2, 0.25) is 0 Å². The summed E-state index contributed by atoms with van der Waals surface area (Å²) in [6.07, 6.45) is 1.69. The predicted molar refractivity (Wildman–Crippen MR) is 232 cm³/mol. The molecule has 0 bridgehead atoms. The minimum atomic E-state index is -1.32. The number of hydrogen-bond donors (Lipinski definition) is 0. The molecule has 2 atom stereocenters. The predicted octanol–water partition coefficient (Wildman–Crippen LogP) is 11.7. The summed E-state index contributed by atoms with van der Waals surface area (Å²) >= 11 is 0. The molecular weight excluding hydrogens is 749 g/mol. The third-order valence-electron chi connectivity index (χ3n) is 10.2. The molecule has 1 aliphatic carbocycles. The average molecular weight is 811 g/mol. The molecule has 10 heteroatoms. The van der Waals surface area contributed by atoms with Crippen LogP contribution >= 0.6 is 0 Å². The van der Waals surface area contributed by atoms with Crippen LogP contribution in [0.5, 0.6) is 46.0 Å². The molecule has 0 aromatic heterocycles. The van der Waals surface area contributed by atoms with E-state index >= 15 is 0 Å². The van der Waals surface area contributed by atoms with Crippen LogP contribution in [0, 0.1) is 0 Å². The zero-order valence-corrected chi connectivity index (χ0v) is 36.6. The summed E-state index contributed by atoms with van der Waals surface area (Å²) in [5, 5.41) is 0. The van der Waals surface area contributed by atoms with Crippen LogP contribution in [0.3, 0.4) is 0 Å². The van der Waals surface area contributed by atoms with Crippen LogP contribution in [-0.2, 0) is 14.9 Å². The lowest BCUT2D eigenvalue weighted by molar-refractivity contribution is 0.0715. The highest BCUT2D eigenvalue weighted by molar-refractivity contribution is 5.92. The lowest BCUT2D eigenvalue weighted by atomic mass is 9.65. The van der Waals surface area contributed by atoms with Gasteiger partial charge in [-0.1, -0.05) is 61.7 Å². The van der Waals surface area contributed by atoms with Gasteiger partial charge in [-0.05, 0) is 91.5 Å². The molecule has 0 spiro atoms. The Balaban J connectivity index is 2.32. The van der Waals surface area contributed by atoms with E-state index in [1.807, 2.05) is 81.4 Å². The smallest absolute Gasteiger partial charge is 0.205 e. The van der Waals surface area contributed by atoms with Crippen LogP contribution < -0.4 is 37.9 Å². The van der Waals surface area contributed by atoms with Crippen LogP contribution in [0.4, 0.5) is 0 Å². The topological polar surface area (TPSA) is 92.3 Å². The van der Waals surface area contributed by atoms with Crippen molar-refractivity contribution >= 4 is 0 Å². The molecule has 0 N–H and O–H groups in total. The molecule has 2 unspecified atom stereocenters. The maximum absolute atomic E-state index is 6.98. The second kappa shape index (κ2) is 20.6. The van der Waals surface area contributed by atoms with Gasteiger partial charge < -0.3 is 47.4 Å². The summed E-state index contributed by atoms with van der Waals surface area (Å²) in [4.78, 5) is 0. The molecule has 4 aromatic rings. The van der Waals surface area contributed by atoms with Gasteiger partial charge in [0.25, 0.3) is 0 Å². The molecule has 0 amide bonds. The van der Waals surface area contributed by atoms with Crippen molar-refractivity contribution in [2.75, 3.05) is 52.9 Å². The quantitative estimate of drug-likeness (QED) is 0.0561. The van der Waals surface area contributed by atoms with Crippen LogP contribution in [0.25, 0.3) is 11.1 Å². The van der Waals surface area contributed by atoms with E-state index < -0.39 is 17.6 Å². The fraction of sp³-hybridized carbons (Fsp3) is 0.429. The Morgan fingerprint density at radius 2 is 0.763 bits per heavy atom. The SMILES string of the molecule is C=COc1c(OCC)c(OCC)c(C2(c3c(OCC)c(OCC)c(OC=C)c(C(C)OCC)c3OCC)c3ccccc3-c3ccccc32)c(OCC)c1C(C)OCC. The Hall–Kier alpha value is -5.32. The average Bonchev–Trinajstić information content (AvgIpc) is 3.51. The number of ether oxygens (including phenoxy) is 10. The zero-order valence-electron chi connectivity index (χ0n) is 36.6. The third kappa shape index (κ3) is 7.92. The number of rotatable bonds is 24. The van der Waals surface area contributed by atoms with Gasteiger partial charge in [0.2, 0.25) is 11.5 Å². The Morgan fingerprint density at radius 1 is 0.441 bits per heavy atom. The second-order valence-corrected chi connectivity index (χ2v) is 13.4. The van der Waals surface area contributed by atoms with Gasteiger partial charge in [-0.2, -0.15) is 0 Å². The van der Waals surface area contributed by atoms with E-state index in [-0.39, 0.29) is 13.2 Å². The highest BCUT2D eigenvalue weighted by Crippen LogP contribution is 2.69. The van der Waals surface area contributed by atoms with Gasteiger partial charge in [0.05, 0.1) is 92.0 Å². The Morgan fingerprint density at radius 3 is 1.08 bits per heavy atom. The fourth-order valence-corrected chi connectivity index (χ4v) is 8.45. The molecular formula is C49H62O10. The molecule has 0 saturated heterocycles. The van der Waals surface area contributed by atoms with E-state index in [0.29, 0.717) is 108 Å². The largest absolute Gasteiger partial charge is 0.493 e. The second-order valence-electron chi connectivity index (χ2n) is 13.4. The van der Waals surface area contributed by atoms with Crippen molar-refractivity contribution in [1.82, 2.24) is 0 Å². The first-order chi connectivity index (χ1) is 28.8. The molecule has 1 aliphatic rings. The maximum Gasteiger partial charge on any atom is 0.205 e. The van der Waals surface area contributed by atoms with Crippen molar-refractivity contribution in [2.24, 2.45) is 0 Å². The summed E-state index contributed by atoms with van der Waals surface area (Å²) in [6, 6.07) is 16.8. The van der Waals surface area contributed by atoms with Crippen LogP contribution in [0.15, 0.2) is 74.2 Å². The summed E-state index contributed by atoms with van der Waals surface area (Å²) in [6.45, 7) is 30.1. The maximum atomic E-state index is 6.98. The van der Waals surface area contributed by atoms with E-state index in [2.05, 4.69) is 49.6 Å². The molecule has 0 heterocycles. The molecule has 5 rings (SSSR count). The van der Waals surface area contributed by atoms with E-state index in [1.165, 1.54) is 12.5 Å². The third-order valence-corrected chi connectivity index (χ3v) is 10.2. The van der Waals surface area contributed by atoms with Gasteiger partial charge >= 0.3 is 0 Å². The molecule has 10 nitrogen and oxygen atoms in total. The molecule has 0 fully saturated rings. The monoisotopic (exact) mass is 810 g/mol. The first-order valence-electron chi connectivity index (χ1n) is 21.0. The highest BCUT2D eigenvalue weighted by atomic mass is 16.6. The lowest BCUT2D eigenvalue weighted by Crippen LogP contribution is -2.33. The van der Waals surface area contributed by atoms with Crippen molar-refractivity contribution in [2.45, 2.75) is 86.9 Å². The van der Waals surface area contributed by atoms with Crippen molar-refractivity contribution in [1.29, 1.82) is 0 Å². The summed E-state index contributed by atoms with van der Waals surface area (Å²) in [7, 11) is 0. The Kier molecular flexibility index (Phi) is 15.6. The van der Waals surface area contributed by atoms with Crippen LogP contribution in [0.1, 0.15) is 115 Å². The summed E-state index contributed by atoms with van der Waals surface area (Å²) in [5.74, 6) is 3.37. The van der Waals surface area contributed by atoms with Crippen LogP contribution in [-0.4, -0.2) is 52.9 Å². The van der Waals surface area contributed by atoms with Gasteiger partial charge in [0.15, 0.2) is 23.0 Å². The van der Waals surface area contributed by atoms with Crippen molar-refractivity contribution in [3.8, 4) is 57.1 Å². The first kappa shape index (κ1) is 44.8. The minimum absolute atomic E-state index is 0.283. The first-order valence-corrected chi connectivity index (χ1v) is 21.0. The van der Waals surface area contributed by atoms with Gasteiger partial charge in [-0.3, -0.25) is 0 Å². The summed E-state index contributed by atoms with van der Waals surface area (Å²) in [5.41, 5.74) is 5.10. The molecule has 0 aliphatic heterocycles. The Labute approximate surface area is 350 Å². The molecule has 59 heavy (non-hydrogen) atoms. The van der Waals surface area contributed by atoms with Crippen molar-refractivity contribution in [3.63, 3.8) is 0 Å².